The molecular formula is C64H127NO11S. The second-order valence-corrected chi connectivity index (χ2v) is 24.8. The lowest BCUT2D eigenvalue weighted by molar-refractivity contribution is -0.298. The Hall–Kier alpha value is -0.900. The first-order valence-electron chi connectivity index (χ1n) is 33.4. The summed E-state index contributed by atoms with van der Waals surface area (Å²) in [7, 11) is -5.08. The van der Waals surface area contributed by atoms with Crippen molar-refractivity contribution in [1.29, 1.82) is 0 Å². The fourth-order valence-electron chi connectivity index (χ4n) is 11.3. The van der Waals surface area contributed by atoms with Crippen molar-refractivity contribution in [3.05, 3.63) is 0 Å². The Labute approximate surface area is 475 Å². The standard InChI is InChI=1S/C64H127NO11S/c1-3-5-7-9-11-13-15-16-17-18-19-20-21-22-23-24-25-26-27-28-29-30-31-32-33-34-35-36-37-38-39-40-41-42-44-46-48-50-52-54-60(68)65-57(58(67)53-51-49-47-45-43-14-12-10-8-6-4-2)56-74-64-62(70)63(76-77(71,72)73)61(69)59(55-66)75-64/h57-59,61-64,66-67,69-70H,3-56H2,1-2H3,(H,65,68)(H,71,72,73). The van der Waals surface area contributed by atoms with Gasteiger partial charge >= 0.3 is 10.4 Å². The van der Waals surface area contributed by atoms with Gasteiger partial charge in [-0.05, 0) is 12.8 Å². The summed E-state index contributed by atoms with van der Waals surface area (Å²) >= 11 is 0. The van der Waals surface area contributed by atoms with Crippen molar-refractivity contribution in [3.8, 4) is 0 Å². The van der Waals surface area contributed by atoms with Gasteiger partial charge in [0.15, 0.2) is 6.29 Å². The predicted octanol–water partition coefficient (Wildman–Crippen LogP) is 16.8. The topological polar surface area (TPSA) is 192 Å². The molecule has 0 aromatic rings. The van der Waals surface area contributed by atoms with E-state index in [4.69, 9.17) is 9.47 Å². The van der Waals surface area contributed by atoms with Crippen molar-refractivity contribution < 1.29 is 51.8 Å². The van der Waals surface area contributed by atoms with Gasteiger partial charge in [-0.3, -0.25) is 9.35 Å². The lowest BCUT2D eigenvalue weighted by Gasteiger charge is -2.41. The van der Waals surface area contributed by atoms with Gasteiger partial charge in [-0.15, -0.1) is 0 Å². The van der Waals surface area contributed by atoms with E-state index in [0.29, 0.717) is 12.8 Å². The maximum atomic E-state index is 13.1. The van der Waals surface area contributed by atoms with Gasteiger partial charge in [-0.25, -0.2) is 4.18 Å². The minimum absolute atomic E-state index is 0.223. The van der Waals surface area contributed by atoms with E-state index >= 15 is 0 Å². The zero-order chi connectivity index (χ0) is 56.1. The molecule has 1 amide bonds. The van der Waals surface area contributed by atoms with E-state index in [2.05, 4.69) is 23.3 Å². The van der Waals surface area contributed by atoms with Crippen LogP contribution in [0.3, 0.4) is 0 Å². The van der Waals surface area contributed by atoms with Crippen LogP contribution in [0.4, 0.5) is 0 Å². The molecule has 0 aliphatic carbocycles. The molecule has 1 rings (SSSR count). The normalized spacial score (nSPS) is 18.8. The van der Waals surface area contributed by atoms with Gasteiger partial charge in [-0.2, -0.15) is 8.42 Å². The maximum absolute atomic E-state index is 13.1. The van der Waals surface area contributed by atoms with Gasteiger partial charge in [-0.1, -0.05) is 328 Å². The lowest BCUT2D eigenvalue weighted by atomic mass is 9.99. The number of rotatable bonds is 60. The molecule has 12 nitrogen and oxygen atoms in total. The van der Waals surface area contributed by atoms with Crippen LogP contribution < -0.4 is 5.32 Å². The largest absolute Gasteiger partial charge is 0.397 e. The Morgan fingerprint density at radius 3 is 1.04 bits per heavy atom. The smallest absolute Gasteiger partial charge is 0.394 e. The molecule has 1 aliphatic rings. The van der Waals surface area contributed by atoms with Gasteiger partial charge in [0, 0.05) is 6.42 Å². The number of unbranched alkanes of at least 4 members (excludes halogenated alkanes) is 48. The summed E-state index contributed by atoms with van der Waals surface area (Å²) in [6.45, 7) is 3.48. The molecule has 1 saturated heterocycles. The Kier molecular flexibility index (Phi) is 52.3. The molecular weight excluding hydrogens is 991 g/mol. The van der Waals surface area contributed by atoms with Crippen LogP contribution in [0.25, 0.3) is 0 Å². The van der Waals surface area contributed by atoms with E-state index in [1.165, 1.54) is 270 Å². The maximum Gasteiger partial charge on any atom is 0.397 e. The van der Waals surface area contributed by atoms with Crippen molar-refractivity contribution in [1.82, 2.24) is 5.32 Å². The third-order valence-corrected chi connectivity index (χ3v) is 16.9. The van der Waals surface area contributed by atoms with Crippen LogP contribution in [0.1, 0.15) is 348 Å². The van der Waals surface area contributed by atoms with Crippen molar-refractivity contribution >= 4 is 16.3 Å². The summed E-state index contributed by atoms with van der Waals surface area (Å²) in [5, 5.41) is 45.0. The predicted molar refractivity (Wildman–Crippen MR) is 320 cm³/mol. The molecule has 7 atom stereocenters. The Bertz CT molecular complexity index is 1360. The third-order valence-electron chi connectivity index (χ3n) is 16.4. The van der Waals surface area contributed by atoms with Crippen molar-refractivity contribution in [2.75, 3.05) is 13.2 Å². The number of hydrogen-bond acceptors (Lipinski definition) is 10. The van der Waals surface area contributed by atoms with E-state index in [1.807, 2.05) is 0 Å². The Morgan fingerprint density at radius 2 is 0.753 bits per heavy atom. The van der Waals surface area contributed by atoms with Gasteiger partial charge < -0.3 is 35.2 Å². The molecule has 0 spiro atoms. The minimum atomic E-state index is -5.08. The molecule has 1 heterocycles. The molecule has 460 valence electrons. The monoisotopic (exact) mass is 1120 g/mol. The van der Waals surface area contributed by atoms with Crippen LogP contribution in [0.15, 0.2) is 0 Å². The van der Waals surface area contributed by atoms with Crippen LogP contribution in [-0.2, 0) is 28.9 Å². The highest BCUT2D eigenvalue weighted by molar-refractivity contribution is 7.80. The fourth-order valence-corrected chi connectivity index (χ4v) is 11.8. The summed E-state index contributed by atoms with van der Waals surface area (Å²) in [6, 6.07) is -0.852. The molecule has 1 aliphatic heterocycles. The van der Waals surface area contributed by atoms with Gasteiger partial charge in [0.1, 0.15) is 24.4 Å². The zero-order valence-electron chi connectivity index (χ0n) is 50.3. The first-order valence-corrected chi connectivity index (χ1v) is 34.8. The summed E-state index contributed by atoms with van der Waals surface area (Å²) in [4.78, 5) is 13.1. The lowest BCUT2D eigenvalue weighted by Crippen LogP contribution is -2.61. The number of carbonyl (C=O) groups is 1. The SMILES string of the molecule is CCCCCCCCCCCCCCCCCCCCCCCCCCCCCCCCCCCCCCCCCC(=O)NC(COC1OC(CO)C(O)C(OS(=O)(=O)O)C1O)C(O)CCCCCCCCCCCCC. The second kappa shape index (κ2) is 54.4. The quantitative estimate of drug-likeness (QED) is 0.0251. The summed E-state index contributed by atoms with van der Waals surface area (Å²) < 4.78 is 47.9. The number of carbonyl (C=O) groups excluding carboxylic acids is 1. The molecule has 0 radical (unpaired) electrons. The second-order valence-electron chi connectivity index (χ2n) is 23.8. The molecule has 13 heteroatoms. The highest BCUT2D eigenvalue weighted by Gasteiger charge is 2.48. The van der Waals surface area contributed by atoms with Crippen molar-refractivity contribution in [2.24, 2.45) is 0 Å². The van der Waals surface area contributed by atoms with Crippen LogP contribution in [-0.4, -0.2) is 95.4 Å². The highest BCUT2D eigenvalue weighted by Crippen LogP contribution is 2.27. The van der Waals surface area contributed by atoms with Crippen molar-refractivity contribution in [2.45, 2.75) is 391 Å². The van der Waals surface area contributed by atoms with Crippen LogP contribution >= 0.6 is 0 Å². The van der Waals surface area contributed by atoms with Gasteiger partial charge in [0.2, 0.25) is 5.91 Å². The van der Waals surface area contributed by atoms with Crippen LogP contribution in [0, 0.1) is 0 Å². The Morgan fingerprint density at radius 1 is 0.468 bits per heavy atom. The number of hydrogen-bond donors (Lipinski definition) is 6. The molecule has 7 unspecified atom stereocenters. The highest BCUT2D eigenvalue weighted by atomic mass is 32.3. The zero-order valence-corrected chi connectivity index (χ0v) is 51.1. The van der Waals surface area contributed by atoms with E-state index < -0.39 is 59.9 Å². The van der Waals surface area contributed by atoms with Crippen molar-refractivity contribution in [3.63, 3.8) is 0 Å². The third kappa shape index (κ3) is 46.3. The van der Waals surface area contributed by atoms with Gasteiger partial charge in [0.25, 0.3) is 0 Å². The van der Waals surface area contributed by atoms with E-state index in [9.17, 15) is 38.2 Å². The van der Waals surface area contributed by atoms with Gasteiger partial charge in [0.05, 0.1) is 25.4 Å². The number of aliphatic hydroxyl groups is 4. The van der Waals surface area contributed by atoms with E-state index in [0.717, 1.165) is 51.4 Å². The average molecular weight is 1120 g/mol. The summed E-state index contributed by atoms with van der Waals surface area (Å²) in [5.74, 6) is -0.223. The molecule has 0 aromatic carbocycles. The van der Waals surface area contributed by atoms with Crippen LogP contribution in [0.5, 0.6) is 0 Å². The molecule has 1 fully saturated rings. The molecule has 0 aromatic heterocycles. The first-order chi connectivity index (χ1) is 37.5. The molecule has 77 heavy (non-hydrogen) atoms. The number of nitrogens with one attached hydrogen (secondary N) is 1. The first kappa shape index (κ1) is 74.1. The summed E-state index contributed by atoms with van der Waals surface area (Å²) in [5.41, 5.74) is 0. The average Bonchev–Trinajstić information content (AvgIpc) is 3.41. The van der Waals surface area contributed by atoms with Crippen LogP contribution in [0.2, 0.25) is 0 Å². The Balaban J connectivity index is 2.07. The van der Waals surface area contributed by atoms with E-state index in [-0.39, 0.29) is 12.5 Å². The minimum Gasteiger partial charge on any atom is -0.394 e. The number of amides is 1. The van der Waals surface area contributed by atoms with E-state index in [1.54, 1.807) is 0 Å². The molecule has 0 saturated carbocycles. The number of aliphatic hydroxyl groups excluding tert-OH is 4. The number of ether oxygens (including phenoxy) is 2. The molecule has 0 bridgehead atoms. The summed E-state index contributed by atoms with van der Waals surface area (Å²) in [6.07, 6.45) is 57.6. The fraction of sp³-hybridized carbons (Fsp3) is 0.984. The molecule has 6 N–H and O–H groups in total.